The van der Waals surface area contributed by atoms with Gasteiger partial charge in [0, 0.05) is 11.1 Å². The maximum atomic E-state index is 13.1. The molecule has 5 aromatic rings. The first-order chi connectivity index (χ1) is 21.1. The molecule has 0 atom stereocenters. The fourth-order valence-corrected chi connectivity index (χ4v) is 6.78. The lowest BCUT2D eigenvalue weighted by Crippen LogP contribution is -2.16. The van der Waals surface area contributed by atoms with E-state index in [-0.39, 0.29) is 57.5 Å². The molecular weight excluding hydrogens is 601 g/mol. The summed E-state index contributed by atoms with van der Waals surface area (Å²) in [6.45, 7) is -0.364. The van der Waals surface area contributed by atoms with Crippen LogP contribution in [0.5, 0.6) is 23.0 Å². The van der Waals surface area contributed by atoms with E-state index in [2.05, 4.69) is 0 Å². The minimum Gasteiger partial charge on any atom is -0.507 e. The molecule has 0 radical (unpaired) electrons. The minimum atomic E-state index is -3.76. The average Bonchev–Trinajstić information content (AvgIpc) is 3.03. The quantitative estimate of drug-likeness (QED) is 0.168. The topological polar surface area (TPSA) is 127 Å². The average molecular weight is 631 g/mol. The van der Waals surface area contributed by atoms with Crippen LogP contribution >= 0.6 is 0 Å². The zero-order valence-electron chi connectivity index (χ0n) is 23.5. The van der Waals surface area contributed by atoms with Crippen molar-refractivity contribution in [3.8, 4) is 45.3 Å². The van der Waals surface area contributed by atoms with Gasteiger partial charge in [-0.05, 0) is 59.7 Å². The van der Waals surface area contributed by atoms with Gasteiger partial charge in [0.2, 0.25) is 0 Å². The van der Waals surface area contributed by atoms with Crippen molar-refractivity contribution < 1.29 is 36.5 Å². The zero-order valence-corrected chi connectivity index (χ0v) is 25.2. The largest absolute Gasteiger partial charge is 0.507 e. The van der Waals surface area contributed by atoms with Gasteiger partial charge in [-0.25, -0.2) is 16.8 Å². The molecule has 0 bridgehead atoms. The molecular formula is C34H30O8S2. The van der Waals surface area contributed by atoms with Crippen LogP contribution < -0.4 is 9.47 Å². The van der Waals surface area contributed by atoms with E-state index in [0.717, 1.165) is 0 Å². The van der Waals surface area contributed by atoms with E-state index in [1.54, 1.807) is 72.8 Å². The molecule has 2 N–H and O–H groups in total. The fraction of sp³-hybridized carbons (Fsp3) is 0.118. The Labute approximate surface area is 256 Å². The second-order valence-electron chi connectivity index (χ2n) is 9.87. The van der Waals surface area contributed by atoms with Gasteiger partial charge >= 0.3 is 0 Å². The number of phenols is 2. The number of hydrogen-bond acceptors (Lipinski definition) is 8. The summed E-state index contributed by atoms with van der Waals surface area (Å²) in [4.78, 5) is 0.106. The number of hydrogen-bond donors (Lipinski definition) is 2. The molecule has 44 heavy (non-hydrogen) atoms. The molecule has 5 rings (SSSR count). The molecule has 0 saturated heterocycles. The predicted molar refractivity (Wildman–Crippen MR) is 169 cm³/mol. The summed E-state index contributed by atoms with van der Waals surface area (Å²) in [5, 5.41) is 20.6. The highest BCUT2D eigenvalue weighted by atomic mass is 32.2. The van der Waals surface area contributed by atoms with Crippen LogP contribution in [0.15, 0.2) is 131 Å². The first kappa shape index (κ1) is 30.7. The number of para-hydroxylation sites is 2. The molecule has 0 aromatic heterocycles. The van der Waals surface area contributed by atoms with Gasteiger partial charge in [-0.3, -0.25) is 0 Å². The monoisotopic (exact) mass is 630 g/mol. The highest BCUT2D eigenvalue weighted by molar-refractivity contribution is 7.91. The van der Waals surface area contributed by atoms with E-state index in [1.165, 1.54) is 36.4 Å². The van der Waals surface area contributed by atoms with Gasteiger partial charge < -0.3 is 19.7 Å². The lowest BCUT2D eigenvalue weighted by atomic mass is 10.1. The Morgan fingerprint density at radius 3 is 1.23 bits per heavy atom. The van der Waals surface area contributed by atoms with Crippen LogP contribution in [0.2, 0.25) is 0 Å². The predicted octanol–water partition coefficient (Wildman–Crippen LogP) is 6.14. The van der Waals surface area contributed by atoms with Crippen molar-refractivity contribution in [2.45, 2.75) is 9.79 Å². The molecule has 0 amide bonds. The van der Waals surface area contributed by atoms with Crippen molar-refractivity contribution in [3.05, 3.63) is 121 Å². The molecule has 0 heterocycles. The Hall–Kier alpha value is -4.80. The number of ether oxygens (including phenoxy) is 2. The summed E-state index contributed by atoms with van der Waals surface area (Å²) < 4.78 is 63.8. The molecule has 0 unspecified atom stereocenters. The smallest absolute Gasteiger partial charge is 0.181 e. The number of phenolic OH excluding ortho intramolecular Hbond substituents is 2. The number of benzene rings is 5. The van der Waals surface area contributed by atoms with Crippen molar-refractivity contribution >= 4 is 19.7 Å². The minimum absolute atomic E-state index is 0.0264. The van der Waals surface area contributed by atoms with E-state index >= 15 is 0 Å². The van der Waals surface area contributed by atoms with E-state index in [4.69, 9.17) is 9.47 Å². The highest BCUT2D eigenvalue weighted by Gasteiger charge is 2.20. The Bertz CT molecular complexity index is 1810. The van der Waals surface area contributed by atoms with Gasteiger partial charge in [0.25, 0.3) is 0 Å². The third-order valence-electron chi connectivity index (χ3n) is 6.89. The van der Waals surface area contributed by atoms with Gasteiger partial charge in [0.15, 0.2) is 31.2 Å². The molecule has 0 aliphatic rings. The summed E-state index contributed by atoms with van der Waals surface area (Å²) in [6, 6.07) is 32.9. The SMILES string of the molecule is O=S(=O)(CCOc1ccccc1OCCS(=O)(=O)c1ccc(O)c(-c2ccccc2)c1)c1ccc(O)c(-c2ccccc2)c1. The highest BCUT2D eigenvalue weighted by Crippen LogP contribution is 2.33. The third kappa shape index (κ3) is 7.21. The lowest BCUT2D eigenvalue weighted by molar-refractivity contribution is 0.289. The van der Waals surface area contributed by atoms with Crippen LogP contribution in [-0.4, -0.2) is 51.8 Å². The van der Waals surface area contributed by atoms with E-state index in [9.17, 15) is 27.0 Å². The van der Waals surface area contributed by atoms with E-state index < -0.39 is 19.7 Å². The Kier molecular flexibility index (Phi) is 9.22. The Morgan fingerprint density at radius 2 is 0.841 bits per heavy atom. The van der Waals surface area contributed by atoms with E-state index in [1.807, 2.05) is 12.1 Å². The molecule has 8 nitrogen and oxygen atoms in total. The zero-order chi connectivity index (χ0) is 31.2. The second kappa shape index (κ2) is 13.2. The Morgan fingerprint density at radius 1 is 0.477 bits per heavy atom. The molecule has 226 valence electrons. The molecule has 10 heteroatoms. The third-order valence-corrected chi connectivity index (χ3v) is 10.2. The van der Waals surface area contributed by atoms with Gasteiger partial charge in [-0.2, -0.15) is 0 Å². The van der Waals surface area contributed by atoms with Gasteiger partial charge in [0.05, 0.1) is 21.3 Å². The summed E-state index contributed by atoms with van der Waals surface area (Å²) in [6.07, 6.45) is 0. The Balaban J connectivity index is 1.21. The van der Waals surface area contributed by atoms with Crippen molar-refractivity contribution in [1.29, 1.82) is 0 Å². The number of aromatic hydroxyl groups is 2. The van der Waals surface area contributed by atoms with Gasteiger partial charge in [-0.15, -0.1) is 0 Å². The van der Waals surface area contributed by atoms with Crippen LogP contribution in [0.3, 0.4) is 0 Å². The second-order valence-corrected chi connectivity index (χ2v) is 14.1. The maximum absolute atomic E-state index is 13.1. The first-order valence-electron chi connectivity index (χ1n) is 13.7. The maximum Gasteiger partial charge on any atom is 0.181 e. The molecule has 0 saturated carbocycles. The number of rotatable bonds is 12. The summed E-state index contributed by atoms with van der Waals surface area (Å²) in [5.41, 5.74) is 2.19. The van der Waals surface area contributed by atoms with Gasteiger partial charge in [-0.1, -0.05) is 72.8 Å². The van der Waals surface area contributed by atoms with Crippen LogP contribution in [-0.2, 0) is 19.7 Å². The molecule has 0 fully saturated rings. The molecule has 0 spiro atoms. The van der Waals surface area contributed by atoms with Crippen LogP contribution in [0.4, 0.5) is 0 Å². The van der Waals surface area contributed by atoms with Crippen LogP contribution in [0, 0.1) is 0 Å². The normalized spacial score (nSPS) is 11.6. The summed E-state index contributed by atoms with van der Waals surface area (Å²) in [7, 11) is -7.52. The summed E-state index contributed by atoms with van der Waals surface area (Å²) in [5.74, 6) is -0.180. The van der Waals surface area contributed by atoms with E-state index in [0.29, 0.717) is 22.3 Å². The summed E-state index contributed by atoms with van der Waals surface area (Å²) >= 11 is 0. The molecule has 0 aliphatic carbocycles. The fourth-order valence-electron chi connectivity index (χ4n) is 4.56. The van der Waals surface area contributed by atoms with Crippen molar-refractivity contribution in [3.63, 3.8) is 0 Å². The number of sulfone groups is 2. The van der Waals surface area contributed by atoms with Crippen molar-refractivity contribution in [2.75, 3.05) is 24.7 Å². The lowest BCUT2D eigenvalue weighted by Gasteiger charge is -2.14. The van der Waals surface area contributed by atoms with Gasteiger partial charge in [0.1, 0.15) is 24.7 Å². The molecule has 5 aromatic carbocycles. The standard InChI is InChI=1S/C34H30O8S2/c35-31-17-15-27(23-29(31)25-9-3-1-4-10-25)43(37,38)21-19-41-33-13-7-8-14-34(33)42-20-22-44(39,40)28-16-18-32(36)30(24-28)26-11-5-2-6-12-26/h1-18,23-24,35-36H,19-22H2. The molecule has 0 aliphatic heterocycles. The van der Waals surface area contributed by atoms with Crippen LogP contribution in [0.25, 0.3) is 22.3 Å². The first-order valence-corrected chi connectivity index (χ1v) is 17.0. The van der Waals surface area contributed by atoms with Crippen molar-refractivity contribution in [1.82, 2.24) is 0 Å². The van der Waals surface area contributed by atoms with Crippen LogP contribution in [0.1, 0.15) is 0 Å². The van der Waals surface area contributed by atoms with Crippen molar-refractivity contribution in [2.24, 2.45) is 0 Å².